The maximum absolute atomic E-state index is 9.40. The van der Waals surface area contributed by atoms with E-state index in [9.17, 15) is 5.11 Å². The maximum Gasteiger partial charge on any atom is 0.129 e. The summed E-state index contributed by atoms with van der Waals surface area (Å²) in [5.41, 5.74) is 2.50. The molecule has 2 rings (SSSR count). The van der Waals surface area contributed by atoms with Gasteiger partial charge < -0.3 is 10.4 Å². The van der Waals surface area contributed by atoms with Gasteiger partial charge in [-0.05, 0) is 52.2 Å². The number of rotatable bonds is 5. The van der Waals surface area contributed by atoms with Crippen molar-refractivity contribution in [2.75, 3.05) is 6.54 Å². The van der Waals surface area contributed by atoms with Crippen LogP contribution in [0.1, 0.15) is 11.1 Å². The quantitative estimate of drug-likeness (QED) is 0.829. The lowest BCUT2D eigenvalue weighted by molar-refractivity contribution is 0.471. The van der Waals surface area contributed by atoms with E-state index in [2.05, 4.69) is 45.5 Å². The van der Waals surface area contributed by atoms with E-state index >= 15 is 0 Å². The molecule has 3 heteroatoms. The molecule has 2 aromatic carbocycles. The van der Waals surface area contributed by atoms with Crippen LogP contribution in [0.25, 0.3) is 0 Å². The molecule has 0 unspecified atom stereocenters. The normalized spacial score (nSPS) is 10.5. The van der Waals surface area contributed by atoms with Gasteiger partial charge in [0.1, 0.15) is 5.75 Å². The number of benzene rings is 2. The highest BCUT2D eigenvalue weighted by Crippen LogP contribution is 2.24. The first-order chi connectivity index (χ1) is 8.75. The van der Waals surface area contributed by atoms with Crippen molar-refractivity contribution in [2.45, 2.75) is 13.0 Å². The lowest BCUT2D eigenvalue weighted by atomic mass is 10.1. The van der Waals surface area contributed by atoms with Crippen molar-refractivity contribution in [3.8, 4) is 5.75 Å². The zero-order valence-electron chi connectivity index (χ0n) is 10.1. The van der Waals surface area contributed by atoms with E-state index in [1.165, 1.54) is 5.56 Å². The van der Waals surface area contributed by atoms with Gasteiger partial charge >= 0.3 is 0 Å². The second-order valence-corrected chi connectivity index (χ2v) is 5.05. The molecular formula is C15H16BrNO. The van der Waals surface area contributed by atoms with Gasteiger partial charge in [-0.3, -0.25) is 0 Å². The molecule has 0 aliphatic carbocycles. The summed E-state index contributed by atoms with van der Waals surface area (Å²) in [6, 6.07) is 16.0. The number of halogens is 1. The van der Waals surface area contributed by atoms with Crippen LogP contribution in [0, 0.1) is 0 Å². The van der Waals surface area contributed by atoms with Crippen LogP contribution in [-0.2, 0) is 13.0 Å². The molecule has 0 bridgehead atoms. The van der Waals surface area contributed by atoms with Crippen molar-refractivity contribution in [3.05, 3.63) is 64.1 Å². The van der Waals surface area contributed by atoms with Crippen LogP contribution in [0.3, 0.4) is 0 Å². The maximum atomic E-state index is 9.40. The van der Waals surface area contributed by atoms with Gasteiger partial charge in [-0.25, -0.2) is 0 Å². The lowest BCUT2D eigenvalue weighted by Crippen LogP contribution is -2.16. The highest BCUT2D eigenvalue weighted by molar-refractivity contribution is 9.10. The summed E-state index contributed by atoms with van der Waals surface area (Å²) in [7, 11) is 0. The third kappa shape index (κ3) is 3.86. The summed E-state index contributed by atoms with van der Waals surface area (Å²) < 4.78 is 0.741. The van der Waals surface area contributed by atoms with Crippen LogP contribution in [-0.4, -0.2) is 11.7 Å². The summed E-state index contributed by atoms with van der Waals surface area (Å²) in [4.78, 5) is 0. The van der Waals surface area contributed by atoms with Gasteiger partial charge in [-0.15, -0.1) is 0 Å². The number of hydrogen-bond acceptors (Lipinski definition) is 2. The summed E-state index contributed by atoms with van der Waals surface area (Å²) >= 11 is 3.31. The molecule has 0 aliphatic rings. The second-order valence-electron chi connectivity index (χ2n) is 4.20. The smallest absolute Gasteiger partial charge is 0.129 e. The van der Waals surface area contributed by atoms with E-state index in [0.717, 1.165) is 29.5 Å². The molecule has 0 atom stereocenters. The Hall–Kier alpha value is -1.32. The Bertz CT molecular complexity index is 499. The fourth-order valence-corrected chi connectivity index (χ4v) is 2.20. The summed E-state index contributed by atoms with van der Waals surface area (Å²) in [6.45, 7) is 1.76. The van der Waals surface area contributed by atoms with E-state index in [1.807, 2.05) is 18.2 Å². The number of phenolic OH excluding ortho intramolecular Hbond substituents is 1. The Morgan fingerprint density at radius 2 is 1.78 bits per heavy atom. The first kappa shape index (κ1) is 13.1. The predicted octanol–water partition coefficient (Wildman–Crippen LogP) is 3.49. The molecule has 0 radical (unpaired) electrons. The Morgan fingerprint density at radius 3 is 2.50 bits per heavy atom. The fraction of sp³-hybridized carbons (Fsp3) is 0.200. The highest BCUT2D eigenvalue weighted by atomic mass is 79.9. The molecule has 0 spiro atoms. The number of hydrogen-bond donors (Lipinski definition) is 2. The molecule has 18 heavy (non-hydrogen) atoms. The van der Waals surface area contributed by atoms with E-state index in [1.54, 1.807) is 6.07 Å². The average molecular weight is 306 g/mol. The van der Waals surface area contributed by atoms with Crippen LogP contribution in [0.4, 0.5) is 0 Å². The van der Waals surface area contributed by atoms with Gasteiger partial charge in [0.2, 0.25) is 0 Å². The monoisotopic (exact) mass is 305 g/mol. The SMILES string of the molecule is Oc1ccc(CNCCc2ccccc2)cc1Br. The van der Waals surface area contributed by atoms with E-state index < -0.39 is 0 Å². The standard InChI is InChI=1S/C15H16BrNO/c16-14-10-13(6-7-15(14)18)11-17-9-8-12-4-2-1-3-5-12/h1-7,10,17-18H,8-9,11H2. The van der Waals surface area contributed by atoms with Crippen LogP contribution in [0.2, 0.25) is 0 Å². The molecule has 2 N–H and O–H groups in total. The van der Waals surface area contributed by atoms with Gasteiger partial charge in [-0.1, -0.05) is 36.4 Å². The van der Waals surface area contributed by atoms with Gasteiger partial charge in [-0.2, -0.15) is 0 Å². The third-order valence-electron chi connectivity index (χ3n) is 2.77. The predicted molar refractivity (Wildman–Crippen MR) is 77.7 cm³/mol. The molecule has 2 nitrogen and oxygen atoms in total. The topological polar surface area (TPSA) is 32.3 Å². The number of aromatic hydroxyl groups is 1. The third-order valence-corrected chi connectivity index (χ3v) is 3.41. The summed E-state index contributed by atoms with van der Waals surface area (Å²) in [5.74, 6) is 0.281. The van der Waals surface area contributed by atoms with Gasteiger partial charge in [0.25, 0.3) is 0 Å². The Morgan fingerprint density at radius 1 is 1.00 bits per heavy atom. The van der Waals surface area contributed by atoms with E-state index in [0.29, 0.717) is 0 Å². The van der Waals surface area contributed by atoms with Gasteiger partial charge in [0, 0.05) is 6.54 Å². The van der Waals surface area contributed by atoms with Crippen molar-refractivity contribution in [1.82, 2.24) is 5.32 Å². The van der Waals surface area contributed by atoms with Crippen LogP contribution < -0.4 is 5.32 Å². The van der Waals surface area contributed by atoms with Crippen molar-refractivity contribution >= 4 is 15.9 Å². The highest BCUT2D eigenvalue weighted by Gasteiger charge is 1.99. The van der Waals surface area contributed by atoms with Crippen LogP contribution in [0.15, 0.2) is 53.0 Å². The average Bonchev–Trinajstić information content (AvgIpc) is 2.40. The molecule has 2 aromatic rings. The minimum atomic E-state index is 0.281. The molecule has 0 heterocycles. The number of phenols is 1. The van der Waals surface area contributed by atoms with Gasteiger partial charge in [0.15, 0.2) is 0 Å². The Labute approximate surface area is 116 Å². The molecule has 94 valence electrons. The Balaban J connectivity index is 1.77. The van der Waals surface area contributed by atoms with Crippen molar-refractivity contribution in [3.63, 3.8) is 0 Å². The molecule has 0 saturated carbocycles. The summed E-state index contributed by atoms with van der Waals surface area (Å²) in [6.07, 6.45) is 1.03. The fourth-order valence-electron chi connectivity index (χ4n) is 1.77. The first-order valence-corrected chi connectivity index (χ1v) is 6.77. The Kier molecular flexibility index (Phi) is 4.79. The molecule has 0 amide bonds. The van der Waals surface area contributed by atoms with E-state index in [4.69, 9.17) is 0 Å². The van der Waals surface area contributed by atoms with Crippen molar-refractivity contribution in [2.24, 2.45) is 0 Å². The zero-order chi connectivity index (χ0) is 12.8. The molecule has 0 saturated heterocycles. The van der Waals surface area contributed by atoms with E-state index in [-0.39, 0.29) is 5.75 Å². The molecule has 0 aromatic heterocycles. The molecule has 0 fully saturated rings. The minimum Gasteiger partial charge on any atom is -0.507 e. The number of nitrogens with one attached hydrogen (secondary N) is 1. The zero-order valence-corrected chi connectivity index (χ0v) is 11.7. The van der Waals surface area contributed by atoms with Crippen LogP contribution in [0.5, 0.6) is 5.75 Å². The largest absolute Gasteiger partial charge is 0.507 e. The molecular weight excluding hydrogens is 290 g/mol. The second kappa shape index (κ2) is 6.57. The van der Waals surface area contributed by atoms with Crippen molar-refractivity contribution in [1.29, 1.82) is 0 Å². The first-order valence-electron chi connectivity index (χ1n) is 5.98. The van der Waals surface area contributed by atoms with Crippen LogP contribution >= 0.6 is 15.9 Å². The molecule has 0 aliphatic heterocycles. The summed E-state index contributed by atoms with van der Waals surface area (Å²) in [5, 5.41) is 12.8. The lowest BCUT2D eigenvalue weighted by Gasteiger charge is -2.06. The van der Waals surface area contributed by atoms with Crippen molar-refractivity contribution < 1.29 is 5.11 Å². The van der Waals surface area contributed by atoms with Gasteiger partial charge in [0.05, 0.1) is 4.47 Å². The minimum absolute atomic E-state index is 0.281.